The minimum atomic E-state index is -0.908. The highest BCUT2D eigenvalue weighted by Crippen LogP contribution is 2.29. The largest absolute Gasteiger partial charge is 0.497 e. The van der Waals surface area contributed by atoms with Crippen LogP contribution in [0, 0.1) is 11.8 Å². The second-order valence-corrected chi connectivity index (χ2v) is 12.2. The van der Waals surface area contributed by atoms with Gasteiger partial charge in [-0.05, 0) is 73.6 Å². The average molecular weight is 597 g/mol. The number of rotatable bonds is 15. The lowest BCUT2D eigenvalue weighted by atomic mass is 9.93. The number of epoxide rings is 1. The topological polar surface area (TPSA) is 121 Å². The molecule has 0 radical (unpaired) electrons. The van der Waals surface area contributed by atoms with Gasteiger partial charge in [0.15, 0.2) is 10.9 Å². The number of benzene rings is 2. The van der Waals surface area contributed by atoms with Gasteiger partial charge in [-0.3, -0.25) is 14.4 Å². The van der Waals surface area contributed by atoms with E-state index in [1.807, 2.05) is 82.3 Å². The van der Waals surface area contributed by atoms with Crippen LogP contribution in [0.3, 0.4) is 0 Å². The van der Waals surface area contributed by atoms with Gasteiger partial charge in [-0.2, -0.15) is 0 Å². The monoisotopic (exact) mass is 596 g/mol. The Balaban J connectivity index is 1.76. The molecule has 228 valence electrons. The molecule has 0 spiro atoms. The highest BCUT2D eigenvalue weighted by molar-refractivity contribution is 7.80. The lowest BCUT2D eigenvalue weighted by molar-refractivity contribution is -0.133. The second kappa shape index (κ2) is 15.1. The minimum absolute atomic E-state index is 0.149. The number of anilines is 1. The first-order valence-electron chi connectivity index (χ1n) is 14.4. The van der Waals surface area contributed by atoms with E-state index in [-0.39, 0.29) is 35.1 Å². The maximum absolute atomic E-state index is 13.7. The van der Waals surface area contributed by atoms with Crippen molar-refractivity contribution in [3.05, 3.63) is 60.2 Å². The van der Waals surface area contributed by atoms with Crippen LogP contribution in [0.25, 0.3) is 0 Å². The molecule has 10 heteroatoms. The van der Waals surface area contributed by atoms with Gasteiger partial charge in [0.2, 0.25) is 11.8 Å². The molecule has 0 aliphatic carbocycles. The molecule has 9 nitrogen and oxygen atoms in total. The molecule has 2 amide bonds. The van der Waals surface area contributed by atoms with Gasteiger partial charge < -0.3 is 30.7 Å². The van der Waals surface area contributed by atoms with Gasteiger partial charge in [0, 0.05) is 12.1 Å². The predicted octanol–water partition coefficient (Wildman–Crippen LogP) is 4.01. The Morgan fingerprint density at radius 1 is 0.857 bits per heavy atom. The summed E-state index contributed by atoms with van der Waals surface area (Å²) in [7, 11) is 1.60. The van der Waals surface area contributed by atoms with Gasteiger partial charge >= 0.3 is 0 Å². The molecule has 3 rings (SSSR count). The first-order chi connectivity index (χ1) is 19.9. The fraction of sp³-hybridized carbons (Fsp3) is 0.500. The predicted molar refractivity (Wildman–Crippen MR) is 168 cm³/mol. The summed E-state index contributed by atoms with van der Waals surface area (Å²) in [5.41, 5.74) is 0.754. The van der Waals surface area contributed by atoms with Gasteiger partial charge in [-0.25, -0.2) is 0 Å². The Kier molecular flexibility index (Phi) is 11.9. The normalized spacial score (nSPS) is 18.0. The van der Waals surface area contributed by atoms with Gasteiger partial charge in [-0.1, -0.05) is 58.0 Å². The molecular weight excluding hydrogens is 552 g/mol. The van der Waals surface area contributed by atoms with Crippen molar-refractivity contribution in [1.29, 1.82) is 0 Å². The highest BCUT2D eigenvalue weighted by atomic mass is 32.1. The van der Waals surface area contributed by atoms with Crippen LogP contribution >= 0.6 is 12.2 Å². The lowest BCUT2D eigenvalue weighted by Crippen LogP contribution is -2.57. The second-order valence-electron chi connectivity index (χ2n) is 11.8. The zero-order valence-corrected chi connectivity index (χ0v) is 26.2. The van der Waals surface area contributed by atoms with E-state index in [1.165, 1.54) is 0 Å². The number of hydrogen-bond acceptors (Lipinski definition) is 6. The molecule has 1 aliphatic rings. The van der Waals surface area contributed by atoms with Gasteiger partial charge in [0.1, 0.15) is 23.4 Å². The van der Waals surface area contributed by atoms with Crippen molar-refractivity contribution in [3.63, 3.8) is 0 Å². The molecule has 4 atom stereocenters. The molecule has 1 heterocycles. The first-order valence-corrected chi connectivity index (χ1v) is 14.9. The standard InChI is InChI=1S/C32H44N4O5S/c1-20(2)16-25(28(37)32(5)19-41-32)34-30(39)27(18-22-10-8-7-9-11-22)35-29(38)26(17-21(3)4)36-31(42)33-23-12-14-24(40-6)15-13-23/h7-15,20-21,25-27H,16-19H2,1-6H3,(H,34,39)(H,35,38)(H2,33,36,42)/t25-,26-,27-,32+/m0/s1. The maximum Gasteiger partial charge on any atom is 0.243 e. The van der Waals surface area contributed by atoms with Gasteiger partial charge in [-0.15, -0.1) is 0 Å². The SMILES string of the molecule is COc1ccc(NC(=S)N[C@@H](CC(C)C)C(=O)N[C@@H](Cc2ccccc2)C(=O)N[C@@H](CC(C)C)C(=O)[C@@]2(C)CO2)cc1. The van der Waals surface area contributed by atoms with Crippen molar-refractivity contribution >= 4 is 40.6 Å². The smallest absolute Gasteiger partial charge is 0.243 e. The quantitative estimate of drug-likeness (QED) is 0.180. The molecule has 0 saturated carbocycles. The molecule has 2 aromatic rings. The molecule has 1 saturated heterocycles. The van der Waals surface area contributed by atoms with E-state index < -0.39 is 29.6 Å². The summed E-state index contributed by atoms with van der Waals surface area (Å²) < 4.78 is 10.6. The lowest BCUT2D eigenvalue weighted by Gasteiger charge is -2.27. The highest BCUT2D eigenvalue weighted by Gasteiger charge is 2.50. The number of ether oxygens (including phenoxy) is 2. The van der Waals surface area contributed by atoms with Gasteiger partial charge in [0.05, 0.1) is 19.8 Å². The zero-order valence-electron chi connectivity index (χ0n) is 25.4. The van der Waals surface area contributed by atoms with Crippen LogP contribution in [-0.4, -0.2) is 60.2 Å². The van der Waals surface area contributed by atoms with Crippen LogP contribution in [-0.2, 0) is 25.5 Å². The number of nitrogens with one attached hydrogen (secondary N) is 4. The van der Waals surface area contributed by atoms with Crippen molar-refractivity contribution < 1.29 is 23.9 Å². The summed E-state index contributed by atoms with van der Waals surface area (Å²) in [6.07, 6.45) is 1.22. The molecule has 0 unspecified atom stereocenters. The fourth-order valence-electron chi connectivity index (χ4n) is 4.63. The Bertz CT molecular complexity index is 1220. The van der Waals surface area contributed by atoms with Crippen molar-refractivity contribution in [2.24, 2.45) is 11.8 Å². The molecular formula is C32H44N4O5S. The minimum Gasteiger partial charge on any atom is -0.497 e. The molecule has 1 fully saturated rings. The number of hydrogen-bond donors (Lipinski definition) is 4. The van der Waals surface area contributed by atoms with Crippen LogP contribution in [0.15, 0.2) is 54.6 Å². The van der Waals surface area contributed by atoms with E-state index in [4.69, 9.17) is 21.7 Å². The molecule has 4 N–H and O–H groups in total. The summed E-state index contributed by atoms with van der Waals surface area (Å²) in [4.78, 5) is 40.5. The summed E-state index contributed by atoms with van der Waals surface area (Å²) in [5.74, 6) is 0.132. The van der Waals surface area contributed by atoms with Crippen LogP contribution in [0.4, 0.5) is 5.69 Å². The van der Waals surface area contributed by atoms with E-state index in [1.54, 1.807) is 14.0 Å². The van der Waals surface area contributed by atoms with E-state index in [0.29, 0.717) is 19.4 Å². The van der Waals surface area contributed by atoms with Crippen molar-refractivity contribution in [2.45, 2.75) is 77.6 Å². The number of Topliss-reactive ketones (excluding diaryl/α,β-unsaturated/α-hetero) is 1. The summed E-state index contributed by atoms with van der Waals surface area (Å²) in [5, 5.41) is 12.4. The molecule has 0 bridgehead atoms. The third-order valence-corrected chi connectivity index (χ3v) is 7.25. The summed E-state index contributed by atoms with van der Waals surface area (Å²) in [6, 6.07) is 14.4. The van der Waals surface area contributed by atoms with E-state index in [2.05, 4.69) is 21.3 Å². The van der Waals surface area contributed by atoms with Crippen LogP contribution < -0.4 is 26.0 Å². The van der Waals surface area contributed by atoms with Crippen LogP contribution in [0.1, 0.15) is 53.0 Å². The average Bonchev–Trinajstić information content (AvgIpc) is 3.70. The zero-order chi connectivity index (χ0) is 30.9. The van der Waals surface area contributed by atoms with Crippen LogP contribution in [0.2, 0.25) is 0 Å². The number of amides is 2. The number of thiocarbonyl (C=S) groups is 1. The number of carbonyl (C=O) groups excluding carboxylic acids is 3. The molecule has 42 heavy (non-hydrogen) atoms. The number of carbonyl (C=O) groups is 3. The summed E-state index contributed by atoms with van der Waals surface area (Å²) >= 11 is 5.52. The van der Waals surface area contributed by atoms with E-state index >= 15 is 0 Å². The van der Waals surface area contributed by atoms with Crippen LogP contribution in [0.5, 0.6) is 5.75 Å². The Labute approximate surface area is 254 Å². The Morgan fingerprint density at radius 2 is 1.40 bits per heavy atom. The third-order valence-electron chi connectivity index (χ3n) is 7.03. The fourth-order valence-corrected chi connectivity index (χ4v) is 4.89. The van der Waals surface area contributed by atoms with Crippen molar-refractivity contribution in [3.8, 4) is 5.75 Å². The first kappa shape index (κ1) is 33.0. The van der Waals surface area contributed by atoms with Gasteiger partial charge in [0.25, 0.3) is 0 Å². The number of methoxy groups -OCH3 is 1. The molecule has 2 aromatic carbocycles. The summed E-state index contributed by atoms with van der Waals surface area (Å²) in [6.45, 7) is 10.1. The molecule has 1 aliphatic heterocycles. The van der Waals surface area contributed by atoms with Crippen molar-refractivity contribution in [2.75, 3.05) is 19.0 Å². The Hall–Kier alpha value is -3.50. The maximum atomic E-state index is 13.7. The Morgan fingerprint density at radius 3 is 1.95 bits per heavy atom. The van der Waals surface area contributed by atoms with E-state index in [0.717, 1.165) is 17.0 Å². The molecule has 0 aromatic heterocycles. The van der Waals surface area contributed by atoms with E-state index in [9.17, 15) is 14.4 Å². The van der Waals surface area contributed by atoms with Crippen molar-refractivity contribution in [1.82, 2.24) is 16.0 Å². The third kappa shape index (κ3) is 10.1. The number of ketones is 1.